The van der Waals surface area contributed by atoms with E-state index in [-0.39, 0.29) is 24.0 Å². The van der Waals surface area contributed by atoms with Crippen LogP contribution in [-0.2, 0) is 0 Å². The van der Waals surface area contributed by atoms with Crippen LogP contribution in [0.15, 0.2) is 17.1 Å². The maximum atomic E-state index is 4.40. The zero-order chi connectivity index (χ0) is 15.9. The summed E-state index contributed by atoms with van der Waals surface area (Å²) >= 11 is 0. The number of likely N-dealkylation sites (tertiary alicyclic amines) is 1. The van der Waals surface area contributed by atoms with Crippen molar-refractivity contribution in [2.24, 2.45) is 10.9 Å². The third-order valence-electron chi connectivity index (χ3n) is 5.79. The molecule has 0 bridgehead atoms. The summed E-state index contributed by atoms with van der Waals surface area (Å²) in [4.78, 5) is 7.14. The fourth-order valence-electron chi connectivity index (χ4n) is 4.41. The van der Waals surface area contributed by atoms with Crippen LogP contribution in [0.4, 0.5) is 0 Å². The number of rotatable bonds is 5. The van der Waals surface area contributed by atoms with Gasteiger partial charge in [0.25, 0.3) is 0 Å². The number of nitrogens with one attached hydrogen (secondary N) is 2. The van der Waals surface area contributed by atoms with Crippen LogP contribution in [0.2, 0.25) is 0 Å². The molecule has 1 saturated carbocycles. The average Bonchev–Trinajstić information content (AvgIpc) is 3.24. The summed E-state index contributed by atoms with van der Waals surface area (Å²) in [6.45, 7) is 3.65. The molecule has 4 nitrogen and oxygen atoms in total. The maximum Gasteiger partial charge on any atom is 0.191 e. The van der Waals surface area contributed by atoms with Crippen LogP contribution in [0.3, 0.4) is 0 Å². The van der Waals surface area contributed by atoms with Crippen molar-refractivity contribution in [3.05, 3.63) is 12.2 Å². The number of aliphatic imine (C=N–C) groups is 1. The van der Waals surface area contributed by atoms with Gasteiger partial charge in [0.2, 0.25) is 0 Å². The lowest BCUT2D eigenvalue weighted by atomic mass is 9.89. The largest absolute Gasteiger partial charge is 0.355 e. The fraction of sp³-hybridized carbons (Fsp3) is 0.842. The predicted molar refractivity (Wildman–Crippen MR) is 113 cm³/mol. The molecule has 3 aliphatic rings. The smallest absolute Gasteiger partial charge is 0.191 e. The van der Waals surface area contributed by atoms with E-state index in [4.69, 9.17) is 0 Å². The highest BCUT2D eigenvalue weighted by molar-refractivity contribution is 14.0. The average molecular weight is 446 g/mol. The van der Waals surface area contributed by atoms with Gasteiger partial charge in [-0.2, -0.15) is 0 Å². The van der Waals surface area contributed by atoms with E-state index in [1.54, 1.807) is 0 Å². The molecule has 2 fully saturated rings. The highest BCUT2D eigenvalue weighted by Gasteiger charge is 2.27. The minimum absolute atomic E-state index is 0. The third kappa shape index (κ3) is 5.90. The minimum atomic E-state index is 0. The number of halogens is 1. The minimum Gasteiger partial charge on any atom is -0.355 e. The van der Waals surface area contributed by atoms with E-state index >= 15 is 0 Å². The molecule has 5 heteroatoms. The second-order valence-electron chi connectivity index (χ2n) is 7.53. The van der Waals surface area contributed by atoms with E-state index in [1.807, 2.05) is 7.05 Å². The molecule has 1 aliphatic heterocycles. The highest BCUT2D eigenvalue weighted by Crippen LogP contribution is 2.27. The molecule has 0 aromatic rings. The van der Waals surface area contributed by atoms with Crippen LogP contribution in [-0.4, -0.2) is 49.6 Å². The Bertz CT molecular complexity index is 410. The molecule has 1 atom stereocenters. The molecule has 1 heterocycles. The molecular formula is C19H35IN4. The monoisotopic (exact) mass is 446 g/mol. The maximum absolute atomic E-state index is 4.40. The molecule has 138 valence electrons. The number of hydrogen-bond donors (Lipinski definition) is 2. The van der Waals surface area contributed by atoms with Gasteiger partial charge < -0.3 is 10.6 Å². The lowest BCUT2D eigenvalue weighted by Gasteiger charge is -2.31. The zero-order valence-corrected chi connectivity index (χ0v) is 17.5. The second kappa shape index (κ2) is 10.6. The van der Waals surface area contributed by atoms with Crippen molar-refractivity contribution in [1.29, 1.82) is 0 Å². The van der Waals surface area contributed by atoms with Gasteiger partial charge in [-0.25, -0.2) is 0 Å². The van der Waals surface area contributed by atoms with Crippen LogP contribution in [0.5, 0.6) is 0 Å². The van der Waals surface area contributed by atoms with Crippen LogP contribution in [0.25, 0.3) is 0 Å². The summed E-state index contributed by atoms with van der Waals surface area (Å²) in [6.07, 6.45) is 16.7. The number of hydrogen-bond acceptors (Lipinski definition) is 2. The van der Waals surface area contributed by atoms with E-state index in [1.165, 1.54) is 58.0 Å². The molecular weight excluding hydrogens is 411 g/mol. The topological polar surface area (TPSA) is 39.7 Å². The Kier molecular flexibility index (Phi) is 8.87. The van der Waals surface area contributed by atoms with Crippen LogP contribution in [0.1, 0.15) is 57.8 Å². The predicted octanol–water partition coefficient (Wildman–Crippen LogP) is 3.53. The van der Waals surface area contributed by atoms with Crippen molar-refractivity contribution >= 4 is 29.9 Å². The molecule has 3 rings (SSSR count). The third-order valence-corrected chi connectivity index (χ3v) is 5.79. The SMILES string of the molecule is CN=C(NCC1CCCN1CC1CCCCC1)NC1CC=CC1.I. The molecule has 0 amide bonds. The summed E-state index contributed by atoms with van der Waals surface area (Å²) < 4.78 is 0. The Morgan fingerprint density at radius 1 is 1.08 bits per heavy atom. The number of nitrogens with zero attached hydrogens (tertiary/aromatic N) is 2. The van der Waals surface area contributed by atoms with E-state index in [2.05, 4.69) is 32.7 Å². The molecule has 0 aromatic heterocycles. The van der Waals surface area contributed by atoms with Gasteiger partial charge in [0.1, 0.15) is 0 Å². The first-order valence-electron chi connectivity index (χ1n) is 9.71. The van der Waals surface area contributed by atoms with Crippen LogP contribution >= 0.6 is 24.0 Å². The van der Waals surface area contributed by atoms with Gasteiger partial charge in [-0.1, -0.05) is 31.4 Å². The van der Waals surface area contributed by atoms with E-state index in [0.29, 0.717) is 12.1 Å². The molecule has 24 heavy (non-hydrogen) atoms. The fourth-order valence-corrected chi connectivity index (χ4v) is 4.41. The highest BCUT2D eigenvalue weighted by atomic mass is 127. The van der Waals surface area contributed by atoms with Crippen molar-refractivity contribution < 1.29 is 0 Å². The lowest BCUT2D eigenvalue weighted by molar-refractivity contribution is 0.188. The summed E-state index contributed by atoms with van der Waals surface area (Å²) in [5.41, 5.74) is 0. The Balaban J connectivity index is 0.00000208. The first-order valence-corrected chi connectivity index (χ1v) is 9.71. The van der Waals surface area contributed by atoms with E-state index in [0.717, 1.165) is 31.3 Å². The summed E-state index contributed by atoms with van der Waals surface area (Å²) in [6, 6.07) is 1.22. The van der Waals surface area contributed by atoms with E-state index in [9.17, 15) is 0 Å². The quantitative estimate of drug-likeness (QED) is 0.294. The van der Waals surface area contributed by atoms with Gasteiger partial charge in [-0.05, 0) is 51.0 Å². The molecule has 2 N–H and O–H groups in total. The first-order chi connectivity index (χ1) is 11.3. The summed E-state index contributed by atoms with van der Waals surface area (Å²) in [7, 11) is 1.88. The van der Waals surface area contributed by atoms with Crippen LogP contribution in [0, 0.1) is 5.92 Å². The summed E-state index contributed by atoms with van der Waals surface area (Å²) in [5.74, 6) is 1.93. The summed E-state index contributed by atoms with van der Waals surface area (Å²) in [5, 5.41) is 7.12. The van der Waals surface area contributed by atoms with Crippen molar-refractivity contribution in [2.45, 2.75) is 69.9 Å². The van der Waals surface area contributed by atoms with Gasteiger partial charge in [0.05, 0.1) is 0 Å². The zero-order valence-electron chi connectivity index (χ0n) is 15.2. The molecule has 0 radical (unpaired) electrons. The molecule has 0 aromatic carbocycles. The first kappa shape index (κ1) is 20.0. The Morgan fingerprint density at radius 3 is 2.54 bits per heavy atom. The van der Waals surface area contributed by atoms with Crippen molar-refractivity contribution in [3.63, 3.8) is 0 Å². The van der Waals surface area contributed by atoms with Crippen molar-refractivity contribution in [3.8, 4) is 0 Å². The van der Waals surface area contributed by atoms with Crippen molar-refractivity contribution in [1.82, 2.24) is 15.5 Å². The molecule has 1 saturated heterocycles. The molecule has 0 spiro atoms. The van der Waals surface area contributed by atoms with Gasteiger partial charge in [0, 0.05) is 32.2 Å². The van der Waals surface area contributed by atoms with Gasteiger partial charge in [-0.15, -0.1) is 24.0 Å². The molecule has 2 aliphatic carbocycles. The van der Waals surface area contributed by atoms with Crippen LogP contribution < -0.4 is 10.6 Å². The Morgan fingerprint density at radius 2 is 1.83 bits per heavy atom. The van der Waals surface area contributed by atoms with Gasteiger partial charge >= 0.3 is 0 Å². The lowest BCUT2D eigenvalue weighted by Crippen LogP contribution is -2.48. The molecule has 1 unspecified atom stereocenters. The Labute approximate surface area is 164 Å². The van der Waals surface area contributed by atoms with E-state index < -0.39 is 0 Å². The number of guanidine groups is 1. The normalized spacial score (nSPS) is 26.5. The van der Waals surface area contributed by atoms with Gasteiger partial charge in [0.15, 0.2) is 5.96 Å². The van der Waals surface area contributed by atoms with Gasteiger partial charge in [-0.3, -0.25) is 9.89 Å². The standard InChI is InChI=1S/C19H34N4.HI/c1-20-19(22-17-10-5-6-11-17)21-14-18-12-7-13-23(18)15-16-8-3-2-4-9-16;/h5-6,16-18H,2-4,7-15H2,1H3,(H2,20,21,22);1H. The second-order valence-corrected chi connectivity index (χ2v) is 7.53. The Hall–Kier alpha value is -0.300. The van der Waals surface area contributed by atoms with Crippen molar-refractivity contribution in [2.75, 3.05) is 26.7 Å².